The van der Waals surface area contributed by atoms with Gasteiger partial charge in [0, 0.05) is 10.7 Å². The van der Waals surface area contributed by atoms with Crippen LogP contribution in [0.25, 0.3) is 0 Å². The lowest BCUT2D eigenvalue weighted by atomic mass is 10.1. The molecule has 0 aliphatic rings. The first-order chi connectivity index (χ1) is 14.2. The fraction of sp³-hybridized carbons (Fsp3) is 0.174. The second kappa shape index (κ2) is 8.90. The molecule has 0 fully saturated rings. The molecule has 3 rings (SSSR count). The summed E-state index contributed by atoms with van der Waals surface area (Å²) in [5.74, 6) is -0.445. The number of hydrogen-bond donors (Lipinski definition) is 1. The SMILES string of the molecule is Cc1ccc(N(CC(=O)Nc2cccc(C)c2C)S(=O)(=O)c2ccccc2)cc1Cl. The van der Waals surface area contributed by atoms with Crippen LogP contribution in [0.5, 0.6) is 0 Å². The van der Waals surface area contributed by atoms with Crippen molar-refractivity contribution in [3.63, 3.8) is 0 Å². The summed E-state index contributed by atoms with van der Waals surface area (Å²) in [4.78, 5) is 12.9. The summed E-state index contributed by atoms with van der Waals surface area (Å²) in [6.45, 7) is 5.30. The van der Waals surface area contributed by atoms with Crippen molar-refractivity contribution in [3.05, 3.63) is 88.4 Å². The van der Waals surface area contributed by atoms with E-state index in [-0.39, 0.29) is 11.4 Å². The zero-order valence-electron chi connectivity index (χ0n) is 17.0. The van der Waals surface area contributed by atoms with Gasteiger partial charge in [-0.3, -0.25) is 9.10 Å². The topological polar surface area (TPSA) is 66.5 Å². The molecule has 0 bridgehead atoms. The lowest BCUT2D eigenvalue weighted by molar-refractivity contribution is -0.114. The highest BCUT2D eigenvalue weighted by Gasteiger charge is 2.27. The summed E-state index contributed by atoms with van der Waals surface area (Å²) < 4.78 is 27.8. The first-order valence-corrected chi connectivity index (χ1v) is 11.2. The second-order valence-electron chi connectivity index (χ2n) is 7.05. The van der Waals surface area contributed by atoms with Gasteiger partial charge in [0.15, 0.2) is 0 Å². The molecule has 0 heterocycles. The Labute approximate surface area is 182 Å². The van der Waals surface area contributed by atoms with Crippen LogP contribution in [0.1, 0.15) is 16.7 Å². The van der Waals surface area contributed by atoms with Gasteiger partial charge in [-0.15, -0.1) is 0 Å². The van der Waals surface area contributed by atoms with Crippen LogP contribution in [-0.2, 0) is 14.8 Å². The van der Waals surface area contributed by atoms with E-state index in [1.165, 1.54) is 12.1 Å². The maximum atomic E-state index is 13.3. The molecule has 156 valence electrons. The summed E-state index contributed by atoms with van der Waals surface area (Å²) in [6, 6.07) is 18.5. The van der Waals surface area contributed by atoms with Crippen LogP contribution in [0.4, 0.5) is 11.4 Å². The lowest BCUT2D eigenvalue weighted by Crippen LogP contribution is -2.38. The smallest absolute Gasteiger partial charge is 0.264 e. The number of nitrogens with zero attached hydrogens (tertiary/aromatic N) is 1. The highest BCUT2D eigenvalue weighted by Crippen LogP contribution is 2.28. The van der Waals surface area contributed by atoms with E-state index in [0.29, 0.717) is 16.4 Å². The predicted molar refractivity (Wildman–Crippen MR) is 122 cm³/mol. The van der Waals surface area contributed by atoms with Gasteiger partial charge in [-0.25, -0.2) is 8.42 Å². The normalized spacial score (nSPS) is 11.2. The Balaban J connectivity index is 1.98. The van der Waals surface area contributed by atoms with Crippen LogP contribution >= 0.6 is 11.6 Å². The molecule has 0 spiro atoms. The number of rotatable bonds is 6. The number of sulfonamides is 1. The summed E-state index contributed by atoms with van der Waals surface area (Å²) in [5.41, 5.74) is 3.76. The fourth-order valence-corrected chi connectivity index (χ4v) is 4.59. The van der Waals surface area contributed by atoms with E-state index in [2.05, 4.69) is 5.32 Å². The Bertz CT molecular complexity index is 1180. The average molecular weight is 443 g/mol. The molecule has 7 heteroatoms. The van der Waals surface area contributed by atoms with Crippen molar-refractivity contribution in [2.75, 3.05) is 16.2 Å². The van der Waals surface area contributed by atoms with Gasteiger partial charge in [0.1, 0.15) is 6.54 Å². The molecule has 5 nitrogen and oxygen atoms in total. The van der Waals surface area contributed by atoms with Crippen molar-refractivity contribution in [3.8, 4) is 0 Å². The van der Waals surface area contributed by atoms with Crippen LogP contribution in [0.3, 0.4) is 0 Å². The number of carbonyl (C=O) groups excluding carboxylic acids is 1. The number of halogens is 1. The molecule has 0 atom stereocenters. The number of anilines is 2. The first kappa shape index (κ1) is 21.9. The van der Waals surface area contributed by atoms with Gasteiger partial charge in [0.05, 0.1) is 10.6 Å². The highest BCUT2D eigenvalue weighted by molar-refractivity contribution is 7.92. The Kier molecular flexibility index (Phi) is 6.48. The molecule has 0 radical (unpaired) electrons. The Morgan fingerprint density at radius 2 is 1.63 bits per heavy atom. The van der Waals surface area contributed by atoms with Gasteiger partial charge in [-0.1, -0.05) is 48.0 Å². The molecule has 3 aromatic rings. The van der Waals surface area contributed by atoms with Gasteiger partial charge in [0.25, 0.3) is 10.0 Å². The summed E-state index contributed by atoms with van der Waals surface area (Å²) >= 11 is 6.24. The van der Waals surface area contributed by atoms with Crippen molar-refractivity contribution in [2.24, 2.45) is 0 Å². The Morgan fingerprint density at radius 3 is 2.30 bits per heavy atom. The van der Waals surface area contributed by atoms with Crippen LogP contribution in [0.15, 0.2) is 71.6 Å². The Morgan fingerprint density at radius 1 is 0.933 bits per heavy atom. The van der Waals surface area contributed by atoms with Crippen molar-refractivity contribution >= 4 is 38.9 Å². The molecule has 1 N–H and O–H groups in total. The molecule has 1 amide bonds. The zero-order chi connectivity index (χ0) is 21.9. The van der Waals surface area contributed by atoms with Crippen LogP contribution < -0.4 is 9.62 Å². The monoisotopic (exact) mass is 442 g/mol. The van der Waals surface area contributed by atoms with Gasteiger partial charge in [0.2, 0.25) is 5.91 Å². The van der Waals surface area contributed by atoms with E-state index in [4.69, 9.17) is 11.6 Å². The largest absolute Gasteiger partial charge is 0.324 e. The minimum absolute atomic E-state index is 0.0984. The van der Waals surface area contributed by atoms with E-state index in [0.717, 1.165) is 21.0 Å². The molecule has 0 saturated heterocycles. The molecular weight excluding hydrogens is 420 g/mol. The van der Waals surface area contributed by atoms with E-state index < -0.39 is 15.9 Å². The zero-order valence-corrected chi connectivity index (χ0v) is 18.6. The second-order valence-corrected chi connectivity index (χ2v) is 9.32. The van der Waals surface area contributed by atoms with Gasteiger partial charge >= 0.3 is 0 Å². The number of nitrogens with one attached hydrogen (secondary N) is 1. The van der Waals surface area contributed by atoms with Crippen molar-refractivity contribution in [1.82, 2.24) is 0 Å². The fourth-order valence-electron chi connectivity index (χ4n) is 2.98. The van der Waals surface area contributed by atoms with Crippen molar-refractivity contribution < 1.29 is 13.2 Å². The predicted octanol–water partition coefficient (Wildman–Crippen LogP) is 5.10. The van der Waals surface area contributed by atoms with E-state index in [1.807, 2.05) is 32.9 Å². The minimum Gasteiger partial charge on any atom is -0.324 e. The van der Waals surface area contributed by atoms with Gasteiger partial charge in [-0.05, 0) is 67.8 Å². The third-order valence-electron chi connectivity index (χ3n) is 4.94. The summed E-state index contributed by atoms with van der Waals surface area (Å²) in [7, 11) is -3.98. The molecule has 0 aliphatic heterocycles. The molecule has 3 aromatic carbocycles. The van der Waals surface area contributed by atoms with Gasteiger partial charge in [-0.2, -0.15) is 0 Å². The molecule has 0 aliphatic carbocycles. The molecule has 0 aromatic heterocycles. The molecule has 30 heavy (non-hydrogen) atoms. The molecule has 0 unspecified atom stereocenters. The standard InChI is InChI=1S/C23H23ClN2O3S/c1-16-8-7-11-22(18(16)3)25-23(27)15-26(19-13-12-17(2)21(24)14-19)30(28,29)20-9-5-4-6-10-20/h4-14H,15H2,1-3H3,(H,25,27). The number of amides is 1. The maximum Gasteiger partial charge on any atom is 0.264 e. The number of benzene rings is 3. The number of aryl methyl sites for hydroxylation is 2. The number of hydrogen-bond acceptors (Lipinski definition) is 3. The van der Waals surface area contributed by atoms with Crippen molar-refractivity contribution in [1.29, 1.82) is 0 Å². The summed E-state index contributed by atoms with van der Waals surface area (Å²) in [5, 5.41) is 3.25. The van der Waals surface area contributed by atoms with Crippen LogP contribution in [-0.4, -0.2) is 20.9 Å². The van der Waals surface area contributed by atoms with Gasteiger partial charge < -0.3 is 5.32 Å². The molecular formula is C23H23ClN2O3S. The first-order valence-electron chi connectivity index (χ1n) is 9.40. The van der Waals surface area contributed by atoms with E-state index >= 15 is 0 Å². The van der Waals surface area contributed by atoms with E-state index in [1.54, 1.807) is 42.5 Å². The quantitative estimate of drug-likeness (QED) is 0.577. The summed E-state index contributed by atoms with van der Waals surface area (Å²) in [6.07, 6.45) is 0. The minimum atomic E-state index is -3.98. The highest BCUT2D eigenvalue weighted by atomic mass is 35.5. The average Bonchev–Trinajstić information content (AvgIpc) is 2.72. The van der Waals surface area contributed by atoms with Crippen molar-refractivity contribution in [2.45, 2.75) is 25.7 Å². The number of carbonyl (C=O) groups is 1. The lowest BCUT2D eigenvalue weighted by Gasteiger charge is -2.25. The third-order valence-corrected chi connectivity index (χ3v) is 7.14. The third kappa shape index (κ3) is 4.66. The molecule has 0 saturated carbocycles. The Hall–Kier alpha value is -2.83. The van der Waals surface area contributed by atoms with Crippen LogP contribution in [0.2, 0.25) is 5.02 Å². The van der Waals surface area contributed by atoms with E-state index in [9.17, 15) is 13.2 Å². The maximum absolute atomic E-state index is 13.3. The van der Waals surface area contributed by atoms with Crippen LogP contribution in [0, 0.1) is 20.8 Å².